The molecule has 0 radical (unpaired) electrons. The average molecular weight is 145 g/mol. The van der Waals surface area contributed by atoms with Gasteiger partial charge >= 0.3 is 0 Å². The van der Waals surface area contributed by atoms with Crippen molar-refractivity contribution in [3.63, 3.8) is 0 Å². The van der Waals surface area contributed by atoms with Gasteiger partial charge in [0.25, 0.3) is 0 Å². The second kappa shape index (κ2) is 3.30. The number of hydrogen-bond acceptors (Lipinski definition) is 4. The van der Waals surface area contributed by atoms with Gasteiger partial charge in [0.15, 0.2) is 0 Å². The Hall–Kier alpha value is -0.160. The summed E-state index contributed by atoms with van der Waals surface area (Å²) in [5, 5.41) is 12.3. The van der Waals surface area contributed by atoms with E-state index in [2.05, 4.69) is 5.32 Å². The zero-order chi connectivity index (χ0) is 7.56. The van der Waals surface area contributed by atoms with E-state index in [-0.39, 0.29) is 18.1 Å². The van der Waals surface area contributed by atoms with E-state index in [9.17, 15) is 5.11 Å². The van der Waals surface area contributed by atoms with E-state index < -0.39 is 0 Å². The predicted octanol–water partition coefficient (Wildman–Crippen LogP) is -2.15. The molecule has 0 aromatic carbocycles. The maximum Gasteiger partial charge on any atom is 0.0720 e. The van der Waals surface area contributed by atoms with Crippen LogP contribution in [0.25, 0.3) is 0 Å². The van der Waals surface area contributed by atoms with Crippen LogP contribution in [-0.4, -0.2) is 36.9 Å². The Balaban J connectivity index is 2.38. The molecular weight excluding hydrogens is 130 g/mol. The zero-order valence-corrected chi connectivity index (χ0v) is 5.96. The number of nitrogens with one attached hydrogen (secondary N) is 1. The highest BCUT2D eigenvalue weighted by molar-refractivity contribution is 4.87. The van der Waals surface area contributed by atoms with Crippen molar-refractivity contribution in [1.82, 2.24) is 5.32 Å². The van der Waals surface area contributed by atoms with Crippen LogP contribution in [-0.2, 0) is 0 Å². The standard InChI is InChI=1S/C6H15N3O/c7-1-5(8)4-2-9-3-6(4)10/h4-6,9-10H,1-3,7-8H2/t4-,5-,6-/m1/s1. The molecule has 3 atom stereocenters. The smallest absolute Gasteiger partial charge is 0.0720 e. The molecule has 0 aliphatic carbocycles. The Kier molecular flexibility index (Phi) is 2.62. The summed E-state index contributed by atoms with van der Waals surface area (Å²) in [6.45, 7) is 1.89. The van der Waals surface area contributed by atoms with E-state index in [0.29, 0.717) is 13.1 Å². The summed E-state index contributed by atoms with van der Waals surface area (Å²) in [5.74, 6) is 0.144. The van der Waals surface area contributed by atoms with Gasteiger partial charge in [-0.3, -0.25) is 0 Å². The Bertz CT molecular complexity index is 109. The molecule has 4 heteroatoms. The van der Waals surface area contributed by atoms with Crippen molar-refractivity contribution in [1.29, 1.82) is 0 Å². The first-order valence-electron chi connectivity index (χ1n) is 3.60. The van der Waals surface area contributed by atoms with Crippen LogP contribution in [0, 0.1) is 5.92 Å². The van der Waals surface area contributed by atoms with Gasteiger partial charge in [-0.1, -0.05) is 0 Å². The van der Waals surface area contributed by atoms with E-state index >= 15 is 0 Å². The van der Waals surface area contributed by atoms with E-state index in [1.165, 1.54) is 0 Å². The van der Waals surface area contributed by atoms with Gasteiger partial charge in [-0.15, -0.1) is 0 Å². The molecule has 1 heterocycles. The van der Waals surface area contributed by atoms with Crippen molar-refractivity contribution < 1.29 is 5.11 Å². The number of hydrogen-bond donors (Lipinski definition) is 4. The van der Waals surface area contributed by atoms with Crippen molar-refractivity contribution in [2.75, 3.05) is 19.6 Å². The minimum Gasteiger partial charge on any atom is -0.391 e. The first kappa shape index (κ1) is 7.94. The topological polar surface area (TPSA) is 84.3 Å². The predicted molar refractivity (Wildman–Crippen MR) is 39.4 cm³/mol. The highest BCUT2D eigenvalue weighted by Crippen LogP contribution is 2.10. The molecule has 4 nitrogen and oxygen atoms in total. The minimum atomic E-state index is -0.307. The fourth-order valence-corrected chi connectivity index (χ4v) is 1.30. The molecule has 60 valence electrons. The highest BCUT2D eigenvalue weighted by atomic mass is 16.3. The summed E-state index contributed by atoms with van der Waals surface area (Å²) < 4.78 is 0. The van der Waals surface area contributed by atoms with Gasteiger partial charge in [0.05, 0.1) is 6.10 Å². The Morgan fingerprint density at radius 2 is 2.30 bits per heavy atom. The Morgan fingerprint density at radius 3 is 2.70 bits per heavy atom. The molecular formula is C6H15N3O. The van der Waals surface area contributed by atoms with Crippen molar-refractivity contribution in [2.24, 2.45) is 17.4 Å². The van der Waals surface area contributed by atoms with E-state index in [4.69, 9.17) is 11.5 Å². The lowest BCUT2D eigenvalue weighted by atomic mass is 9.98. The van der Waals surface area contributed by atoms with Gasteiger partial charge in [-0.25, -0.2) is 0 Å². The largest absolute Gasteiger partial charge is 0.391 e. The monoisotopic (exact) mass is 145 g/mol. The second-order valence-corrected chi connectivity index (χ2v) is 2.79. The first-order valence-corrected chi connectivity index (χ1v) is 3.60. The molecule has 1 fully saturated rings. The third-order valence-electron chi connectivity index (χ3n) is 2.05. The Morgan fingerprint density at radius 1 is 1.60 bits per heavy atom. The van der Waals surface area contributed by atoms with Crippen LogP contribution in [0.15, 0.2) is 0 Å². The van der Waals surface area contributed by atoms with Crippen LogP contribution >= 0.6 is 0 Å². The minimum absolute atomic E-state index is 0.0648. The summed E-state index contributed by atoms with van der Waals surface area (Å²) in [7, 11) is 0. The molecule has 0 amide bonds. The summed E-state index contributed by atoms with van der Waals surface area (Å²) in [6.07, 6.45) is -0.307. The molecule has 1 saturated heterocycles. The molecule has 1 aliphatic rings. The third kappa shape index (κ3) is 1.46. The van der Waals surface area contributed by atoms with Gasteiger partial charge in [0.1, 0.15) is 0 Å². The van der Waals surface area contributed by atoms with E-state index in [1.54, 1.807) is 0 Å². The number of β-amino-alcohol motifs (C(OH)–C–C–N with tert-alkyl or cyclic N) is 1. The van der Waals surface area contributed by atoms with Crippen molar-refractivity contribution in [2.45, 2.75) is 12.1 Å². The maximum absolute atomic E-state index is 9.29. The normalized spacial score (nSPS) is 36.3. The van der Waals surface area contributed by atoms with E-state index in [1.807, 2.05) is 0 Å². The molecule has 0 unspecified atom stereocenters. The SMILES string of the molecule is NC[C@@H](N)[C@H]1CNC[C@H]1O. The van der Waals surface area contributed by atoms with Crippen LogP contribution < -0.4 is 16.8 Å². The molecule has 1 aliphatic heterocycles. The van der Waals surface area contributed by atoms with Gasteiger partial charge in [0, 0.05) is 31.6 Å². The molecule has 1 rings (SSSR count). The molecule has 0 aromatic heterocycles. The van der Waals surface area contributed by atoms with Gasteiger partial charge in [-0.2, -0.15) is 0 Å². The summed E-state index contributed by atoms with van der Waals surface area (Å²) in [6, 6.07) is -0.0648. The lowest BCUT2D eigenvalue weighted by Crippen LogP contribution is -2.42. The van der Waals surface area contributed by atoms with Crippen molar-refractivity contribution in [3.05, 3.63) is 0 Å². The van der Waals surface area contributed by atoms with E-state index in [0.717, 1.165) is 6.54 Å². The number of rotatable bonds is 2. The van der Waals surface area contributed by atoms with Crippen LogP contribution in [0.2, 0.25) is 0 Å². The quantitative estimate of drug-likeness (QED) is 0.357. The van der Waals surface area contributed by atoms with Crippen molar-refractivity contribution in [3.8, 4) is 0 Å². The zero-order valence-electron chi connectivity index (χ0n) is 5.96. The lowest BCUT2D eigenvalue weighted by Gasteiger charge is -2.19. The fourth-order valence-electron chi connectivity index (χ4n) is 1.30. The van der Waals surface area contributed by atoms with Gasteiger partial charge in [-0.05, 0) is 0 Å². The second-order valence-electron chi connectivity index (χ2n) is 2.79. The Labute approximate surface area is 60.6 Å². The van der Waals surface area contributed by atoms with Crippen LogP contribution in [0.4, 0.5) is 0 Å². The molecule has 6 N–H and O–H groups in total. The average Bonchev–Trinajstić information content (AvgIpc) is 2.34. The fraction of sp³-hybridized carbons (Fsp3) is 1.00. The maximum atomic E-state index is 9.29. The van der Waals surface area contributed by atoms with Crippen LogP contribution in [0.1, 0.15) is 0 Å². The summed E-state index contributed by atoms with van der Waals surface area (Å²) in [4.78, 5) is 0. The van der Waals surface area contributed by atoms with Crippen molar-refractivity contribution >= 4 is 0 Å². The molecule has 0 bridgehead atoms. The summed E-state index contributed by atoms with van der Waals surface area (Å²) >= 11 is 0. The number of nitrogens with two attached hydrogens (primary N) is 2. The lowest BCUT2D eigenvalue weighted by molar-refractivity contribution is 0.134. The number of aliphatic hydroxyl groups excluding tert-OH is 1. The molecule has 10 heavy (non-hydrogen) atoms. The van der Waals surface area contributed by atoms with Crippen LogP contribution in [0.5, 0.6) is 0 Å². The first-order chi connectivity index (χ1) is 4.75. The van der Waals surface area contributed by atoms with Crippen LogP contribution in [0.3, 0.4) is 0 Å². The number of aliphatic hydroxyl groups is 1. The molecule has 0 saturated carbocycles. The molecule has 0 spiro atoms. The van der Waals surface area contributed by atoms with Gasteiger partial charge in [0.2, 0.25) is 0 Å². The molecule has 0 aromatic rings. The van der Waals surface area contributed by atoms with Gasteiger partial charge < -0.3 is 21.9 Å². The highest BCUT2D eigenvalue weighted by Gasteiger charge is 2.29. The third-order valence-corrected chi connectivity index (χ3v) is 2.05. The summed E-state index contributed by atoms with van der Waals surface area (Å²) in [5.41, 5.74) is 11.0.